The van der Waals surface area contributed by atoms with Gasteiger partial charge in [0.05, 0.1) is 37.3 Å². The van der Waals surface area contributed by atoms with Gasteiger partial charge in [0, 0.05) is 26.7 Å². The Balaban J connectivity index is 0. The first kappa shape index (κ1) is 57.7. The molecule has 0 aromatic heterocycles. The first-order chi connectivity index (χ1) is 28.0. The molecule has 1 aliphatic heterocycles. The van der Waals surface area contributed by atoms with E-state index in [2.05, 4.69) is 69.3 Å². The van der Waals surface area contributed by atoms with E-state index in [1.54, 1.807) is 21.3 Å². The van der Waals surface area contributed by atoms with E-state index >= 15 is 0 Å². The molecule has 4 N–H and O–H groups in total. The van der Waals surface area contributed by atoms with Crippen LogP contribution < -0.4 is 16.0 Å². The molecular formula is C47H86N4O8. The van der Waals surface area contributed by atoms with Gasteiger partial charge in [-0.1, -0.05) is 132 Å². The third kappa shape index (κ3) is 22.2. The molecule has 59 heavy (non-hydrogen) atoms. The van der Waals surface area contributed by atoms with Crippen LogP contribution in [-0.2, 0) is 39.9 Å². The number of carbonyl (C=O) groups excluding carboxylic acids is 4. The number of likely N-dealkylation sites (tertiary alicyclic amines) is 1. The zero-order valence-electron chi connectivity index (χ0n) is 39.6. The fourth-order valence-electron chi connectivity index (χ4n) is 7.54. The van der Waals surface area contributed by atoms with E-state index in [0.29, 0.717) is 49.0 Å². The summed E-state index contributed by atoms with van der Waals surface area (Å²) in [7, 11) is 5.31. The van der Waals surface area contributed by atoms with Crippen LogP contribution in [0.4, 0.5) is 0 Å². The zero-order chi connectivity index (χ0) is 45.7. The number of nitrogens with one attached hydrogen (secondary N) is 3. The fourth-order valence-corrected chi connectivity index (χ4v) is 7.54. The van der Waals surface area contributed by atoms with Crippen molar-refractivity contribution in [2.75, 3.05) is 27.8 Å². The molecule has 342 valence electrons. The van der Waals surface area contributed by atoms with Crippen molar-refractivity contribution in [3.63, 3.8) is 0 Å². The molecule has 2 fully saturated rings. The minimum Gasteiger partial charge on any atom is -0.480 e. The predicted octanol–water partition coefficient (Wildman–Crippen LogP) is 7.71. The summed E-state index contributed by atoms with van der Waals surface area (Å²) in [6.07, 6.45) is 9.61. The van der Waals surface area contributed by atoms with Crippen molar-refractivity contribution >= 4 is 30.0 Å². The van der Waals surface area contributed by atoms with E-state index in [1.165, 1.54) is 32.6 Å². The fraction of sp³-hybridized carbons (Fsp3) is 0.766. The van der Waals surface area contributed by atoms with Crippen LogP contribution in [0.3, 0.4) is 0 Å². The van der Waals surface area contributed by atoms with Crippen molar-refractivity contribution in [2.45, 2.75) is 177 Å². The molecule has 1 heterocycles. The lowest BCUT2D eigenvalue weighted by atomic mass is 9.81. The molecule has 9 unspecified atom stereocenters. The number of amides is 3. The highest BCUT2D eigenvalue weighted by molar-refractivity contribution is 5.87. The Morgan fingerprint density at radius 2 is 1.53 bits per heavy atom. The number of piperidine rings is 1. The molecule has 0 bridgehead atoms. The SMILES string of the molecule is CC.CCC.CCCCC(C(C)CC)C(CC(=O)N1C2CC2CC1C(OC)C(C)C)OC.CNC(C(=O)NCC(C)=O)C(C)C.O=CNC(Cc1ccccc1)C(=O)O. The quantitative estimate of drug-likeness (QED) is 0.0858. The topological polar surface area (TPSA) is 163 Å². The van der Waals surface area contributed by atoms with Gasteiger partial charge in [-0.15, -0.1) is 0 Å². The van der Waals surface area contributed by atoms with Crippen molar-refractivity contribution in [1.29, 1.82) is 0 Å². The zero-order valence-corrected chi connectivity index (χ0v) is 39.6. The Morgan fingerprint density at radius 1 is 0.932 bits per heavy atom. The number of benzene rings is 1. The molecule has 1 saturated carbocycles. The number of Topliss-reactive ketones (excluding diaryl/α,β-unsaturated/α-hetero) is 1. The number of nitrogens with zero attached hydrogens (tertiary/aromatic N) is 1. The molecule has 3 rings (SSSR count). The van der Waals surface area contributed by atoms with Gasteiger partial charge in [-0.25, -0.2) is 4.79 Å². The van der Waals surface area contributed by atoms with E-state index in [1.807, 2.05) is 58.0 Å². The van der Waals surface area contributed by atoms with E-state index in [4.69, 9.17) is 14.6 Å². The number of hydrogen-bond acceptors (Lipinski definition) is 8. The lowest BCUT2D eigenvalue weighted by Crippen LogP contribution is -2.49. The first-order valence-electron chi connectivity index (χ1n) is 22.3. The molecule has 9 atom stereocenters. The summed E-state index contributed by atoms with van der Waals surface area (Å²) >= 11 is 0. The Bertz CT molecular complexity index is 1280. The number of carbonyl (C=O) groups is 5. The van der Waals surface area contributed by atoms with Crippen LogP contribution in [0.15, 0.2) is 30.3 Å². The third-order valence-electron chi connectivity index (χ3n) is 10.8. The van der Waals surface area contributed by atoms with Crippen molar-refractivity contribution in [1.82, 2.24) is 20.9 Å². The first-order valence-corrected chi connectivity index (χ1v) is 22.3. The number of ether oxygens (including phenoxy) is 2. The molecule has 3 amide bonds. The maximum atomic E-state index is 13.4. The Kier molecular flexibility index (Phi) is 32.7. The van der Waals surface area contributed by atoms with Crippen LogP contribution in [0.1, 0.15) is 140 Å². The highest BCUT2D eigenvalue weighted by atomic mass is 16.5. The second kappa shape index (κ2) is 33.4. The van der Waals surface area contributed by atoms with Crippen molar-refractivity contribution in [2.24, 2.45) is 29.6 Å². The predicted molar refractivity (Wildman–Crippen MR) is 240 cm³/mol. The Hall–Kier alpha value is -3.35. The lowest BCUT2D eigenvalue weighted by Gasteiger charge is -2.37. The average Bonchev–Trinajstić information content (AvgIpc) is 3.87. The van der Waals surface area contributed by atoms with Crippen molar-refractivity contribution in [3.05, 3.63) is 35.9 Å². The van der Waals surface area contributed by atoms with Gasteiger partial charge in [-0.2, -0.15) is 0 Å². The van der Waals surface area contributed by atoms with E-state index in [-0.39, 0.29) is 54.4 Å². The molecule has 1 saturated heterocycles. The molecule has 0 spiro atoms. The van der Waals surface area contributed by atoms with Gasteiger partial charge < -0.3 is 35.4 Å². The molecule has 12 heteroatoms. The van der Waals surface area contributed by atoms with Gasteiger partial charge in [0.15, 0.2) is 0 Å². The summed E-state index contributed by atoms with van der Waals surface area (Å²) in [6, 6.07) is 8.77. The van der Waals surface area contributed by atoms with Crippen LogP contribution in [0.2, 0.25) is 0 Å². The molecule has 0 radical (unpaired) electrons. The van der Waals surface area contributed by atoms with Gasteiger partial charge in [0.1, 0.15) is 11.8 Å². The normalized spacial score (nSPS) is 19.1. The minimum absolute atomic E-state index is 0.0255. The standard InChI is InChI=1S/C23H43NO3.C10H11NO3.C9H18N2O2.C3H8.C2H6/c1-8-10-11-18(16(5)9-2)21(26-6)14-22(25)24-19-12-17(19)13-20(24)23(27-7)15(3)4;12-7-11-9(10(13)14)6-8-4-2-1-3-5-8;1-6(2)8(10-4)9(13)11-5-7(3)12;1-3-2;1-2/h15-21,23H,8-14H2,1-7H3;1-5,7,9H,6H2,(H,11,12)(H,13,14);6,8,10H,5H2,1-4H3,(H,11,13);3H2,1-2H3;1-2H3. The molecule has 2 aliphatic rings. The van der Waals surface area contributed by atoms with Gasteiger partial charge >= 0.3 is 5.97 Å². The van der Waals surface area contributed by atoms with Gasteiger partial charge in [-0.05, 0) is 68.4 Å². The summed E-state index contributed by atoms with van der Waals surface area (Å²) in [5.74, 6) is 1.48. The van der Waals surface area contributed by atoms with Crippen LogP contribution >= 0.6 is 0 Å². The lowest BCUT2D eigenvalue weighted by molar-refractivity contribution is -0.141. The Morgan fingerprint density at radius 3 is 1.95 bits per heavy atom. The highest BCUT2D eigenvalue weighted by Crippen LogP contribution is 2.50. The average molecular weight is 835 g/mol. The second-order valence-corrected chi connectivity index (χ2v) is 16.3. The largest absolute Gasteiger partial charge is 0.480 e. The van der Waals surface area contributed by atoms with Gasteiger partial charge in [0.2, 0.25) is 18.2 Å². The Labute approximate surface area is 359 Å². The second-order valence-electron chi connectivity index (χ2n) is 16.3. The van der Waals surface area contributed by atoms with Crippen LogP contribution in [0, 0.1) is 29.6 Å². The molecule has 1 aliphatic carbocycles. The number of ketones is 1. The van der Waals surface area contributed by atoms with E-state index in [9.17, 15) is 24.0 Å². The highest BCUT2D eigenvalue weighted by Gasteiger charge is 2.56. The van der Waals surface area contributed by atoms with Crippen LogP contribution in [-0.4, -0.2) is 104 Å². The summed E-state index contributed by atoms with van der Waals surface area (Å²) in [4.78, 5) is 58.4. The van der Waals surface area contributed by atoms with Crippen molar-refractivity contribution in [3.8, 4) is 0 Å². The van der Waals surface area contributed by atoms with Gasteiger partial charge in [0.25, 0.3) is 0 Å². The number of hydrogen-bond donors (Lipinski definition) is 4. The van der Waals surface area contributed by atoms with Crippen LogP contribution in [0.25, 0.3) is 0 Å². The van der Waals surface area contributed by atoms with Crippen LogP contribution in [0.5, 0.6) is 0 Å². The maximum absolute atomic E-state index is 13.4. The number of likely N-dealkylation sites (N-methyl/N-ethyl adjacent to an activating group) is 1. The number of carboxylic acids is 1. The van der Waals surface area contributed by atoms with E-state index < -0.39 is 12.0 Å². The minimum atomic E-state index is -1.03. The smallest absolute Gasteiger partial charge is 0.326 e. The summed E-state index contributed by atoms with van der Waals surface area (Å²) < 4.78 is 11.7. The van der Waals surface area contributed by atoms with Crippen molar-refractivity contribution < 1.29 is 38.6 Å². The number of aliphatic carboxylic acids is 1. The summed E-state index contributed by atoms with van der Waals surface area (Å²) in [5, 5.41) is 16.5. The molecule has 12 nitrogen and oxygen atoms in total. The number of unbranched alkanes of at least 4 members (excludes halogenated alkanes) is 1. The number of methoxy groups -OCH3 is 2. The number of carboxylic acid groups (broad SMARTS) is 1. The van der Waals surface area contributed by atoms with E-state index in [0.717, 1.165) is 24.8 Å². The third-order valence-corrected chi connectivity index (χ3v) is 10.8. The molecule has 1 aromatic carbocycles. The number of fused-ring (bicyclic) bond motifs is 1. The van der Waals surface area contributed by atoms with Gasteiger partial charge in [-0.3, -0.25) is 19.2 Å². The summed E-state index contributed by atoms with van der Waals surface area (Å²) in [6.45, 7) is 24.9. The number of rotatable bonds is 22. The molecule has 1 aromatic rings. The monoisotopic (exact) mass is 835 g/mol. The molecular weight excluding hydrogens is 749 g/mol. The summed E-state index contributed by atoms with van der Waals surface area (Å²) in [5.41, 5.74) is 0.884. The maximum Gasteiger partial charge on any atom is 0.326 e.